The fourth-order valence-corrected chi connectivity index (χ4v) is 0.690. The van der Waals surface area contributed by atoms with Crippen molar-refractivity contribution in [2.75, 3.05) is 6.61 Å². The Morgan fingerprint density at radius 3 is 2.31 bits per heavy atom. The first-order chi connectivity index (χ1) is 7.20. The monoisotopic (exact) mass is 226 g/mol. The zero-order valence-corrected chi connectivity index (χ0v) is 9.35. The lowest BCUT2D eigenvalue weighted by molar-refractivity contribution is -0.137. The second kappa shape index (κ2) is 11.3. The molecule has 0 aliphatic heterocycles. The van der Waals surface area contributed by atoms with Crippen LogP contribution in [-0.2, 0) is 9.53 Å². The van der Waals surface area contributed by atoms with Gasteiger partial charge in [-0.05, 0) is 18.6 Å². The van der Waals surface area contributed by atoms with Crippen LogP contribution in [0.25, 0.3) is 0 Å². The largest absolute Gasteiger partial charge is 0.508 e. The highest BCUT2D eigenvalue weighted by atomic mass is 16.5. The van der Waals surface area contributed by atoms with Gasteiger partial charge in [0, 0.05) is 6.08 Å². The van der Waals surface area contributed by atoms with Gasteiger partial charge in [0.1, 0.15) is 5.75 Å². The molecule has 0 amide bonds. The van der Waals surface area contributed by atoms with E-state index in [1.807, 2.05) is 13.0 Å². The molecule has 0 atom stereocenters. The number of hydrogen-bond donors (Lipinski definition) is 1. The molecule has 0 aromatic heterocycles. The highest BCUT2D eigenvalue weighted by Crippen LogP contribution is 2.02. The molecule has 3 N–H and O–H groups in total. The maximum atomic E-state index is 10.2. The van der Waals surface area contributed by atoms with Crippen LogP contribution in [0.3, 0.4) is 0 Å². The Morgan fingerprint density at radius 1 is 1.44 bits per heavy atom. The van der Waals surface area contributed by atoms with Gasteiger partial charge in [0.15, 0.2) is 0 Å². The summed E-state index contributed by atoms with van der Waals surface area (Å²) in [6.07, 6.45) is 2.02. The van der Waals surface area contributed by atoms with Crippen molar-refractivity contribution in [2.24, 2.45) is 0 Å². The van der Waals surface area contributed by atoms with E-state index in [1.165, 1.54) is 0 Å². The molecule has 1 aromatic rings. The molecule has 0 radical (unpaired) electrons. The molecule has 4 heteroatoms. The van der Waals surface area contributed by atoms with Gasteiger partial charge in [-0.15, -0.1) is 0 Å². The standard InChI is InChI=1S/C6H10O2.C6H6O.H2O/c1-3-5-8-6(7)4-2;7-6-4-2-1-3-5-6;/h4H,2-3,5H2,1H3;1-5,7H;1H2. The van der Waals surface area contributed by atoms with E-state index in [4.69, 9.17) is 5.11 Å². The van der Waals surface area contributed by atoms with E-state index in [1.54, 1.807) is 24.3 Å². The highest BCUT2D eigenvalue weighted by molar-refractivity contribution is 5.81. The molecule has 0 aliphatic carbocycles. The highest BCUT2D eigenvalue weighted by Gasteiger charge is 1.89. The Labute approximate surface area is 95.5 Å². The van der Waals surface area contributed by atoms with Crippen LogP contribution in [0.4, 0.5) is 0 Å². The fraction of sp³-hybridized carbons (Fsp3) is 0.250. The van der Waals surface area contributed by atoms with Crippen molar-refractivity contribution >= 4 is 5.97 Å². The van der Waals surface area contributed by atoms with Gasteiger partial charge >= 0.3 is 5.97 Å². The number of phenolic OH excluding ortho intramolecular Hbond substituents is 1. The van der Waals surface area contributed by atoms with E-state index >= 15 is 0 Å². The SMILES string of the molecule is C=CC(=O)OCCC.O.Oc1ccccc1. The number of para-hydroxylation sites is 1. The zero-order valence-electron chi connectivity index (χ0n) is 9.35. The maximum Gasteiger partial charge on any atom is 0.330 e. The first-order valence-electron chi connectivity index (χ1n) is 4.74. The third-order valence-corrected chi connectivity index (χ3v) is 1.37. The molecule has 90 valence electrons. The van der Waals surface area contributed by atoms with E-state index in [0.717, 1.165) is 12.5 Å². The minimum atomic E-state index is -0.341. The number of carbonyl (C=O) groups is 1. The van der Waals surface area contributed by atoms with Gasteiger partial charge in [0.2, 0.25) is 0 Å². The van der Waals surface area contributed by atoms with Crippen molar-refractivity contribution in [3.05, 3.63) is 43.0 Å². The molecule has 0 spiro atoms. The number of aromatic hydroxyl groups is 1. The maximum absolute atomic E-state index is 10.2. The number of carbonyl (C=O) groups excluding carboxylic acids is 1. The molecule has 1 rings (SSSR count). The number of esters is 1. The Bertz CT molecular complexity index is 282. The normalized spacial score (nSPS) is 7.81. The summed E-state index contributed by atoms with van der Waals surface area (Å²) in [4.78, 5) is 10.2. The van der Waals surface area contributed by atoms with E-state index in [9.17, 15) is 4.79 Å². The topological polar surface area (TPSA) is 78.0 Å². The second-order valence-electron chi connectivity index (χ2n) is 2.71. The van der Waals surface area contributed by atoms with Crippen LogP contribution in [0.15, 0.2) is 43.0 Å². The number of rotatable bonds is 3. The number of ether oxygens (including phenoxy) is 1. The minimum Gasteiger partial charge on any atom is -0.508 e. The first kappa shape index (κ1) is 16.6. The van der Waals surface area contributed by atoms with Gasteiger partial charge in [0.05, 0.1) is 6.61 Å². The summed E-state index contributed by atoms with van der Waals surface area (Å²) in [5, 5.41) is 8.63. The summed E-state index contributed by atoms with van der Waals surface area (Å²) >= 11 is 0. The summed E-state index contributed by atoms with van der Waals surface area (Å²) in [5.74, 6) is -0.0191. The molecule has 1 aromatic carbocycles. The molecule has 0 bridgehead atoms. The van der Waals surface area contributed by atoms with Crippen LogP contribution < -0.4 is 0 Å². The number of hydrogen-bond acceptors (Lipinski definition) is 3. The van der Waals surface area contributed by atoms with Gasteiger partial charge in [-0.25, -0.2) is 4.79 Å². The average molecular weight is 226 g/mol. The lowest BCUT2D eigenvalue weighted by Gasteiger charge is -1.94. The lowest BCUT2D eigenvalue weighted by atomic mass is 10.3. The minimum absolute atomic E-state index is 0. The Morgan fingerprint density at radius 2 is 2.00 bits per heavy atom. The van der Waals surface area contributed by atoms with Crippen LogP contribution in [0.2, 0.25) is 0 Å². The molecule has 0 saturated carbocycles. The molecule has 0 saturated heterocycles. The Balaban J connectivity index is 0. The Kier molecular flexibility index (Phi) is 11.7. The second-order valence-corrected chi connectivity index (χ2v) is 2.71. The number of phenols is 1. The molecule has 0 fully saturated rings. The third-order valence-electron chi connectivity index (χ3n) is 1.37. The summed E-state index contributed by atoms with van der Waals surface area (Å²) < 4.78 is 4.58. The van der Waals surface area contributed by atoms with Crippen LogP contribution in [-0.4, -0.2) is 23.2 Å². The van der Waals surface area contributed by atoms with E-state index < -0.39 is 0 Å². The van der Waals surface area contributed by atoms with Gasteiger partial charge in [-0.2, -0.15) is 0 Å². The van der Waals surface area contributed by atoms with Crippen LogP contribution in [0.5, 0.6) is 5.75 Å². The third kappa shape index (κ3) is 10.3. The Hall–Kier alpha value is -1.81. The van der Waals surface area contributed by atoms with Crippen LogP contribution in [0.1, 0.15) is 13.3 Å². The van der Waals surface area contributed by atoms with E-state index in [2.05, 4.69) is 11.3 Å². The molecule has 0 heterocycles. The van der Waals surface area contributed by atoms with Gasteiger partial charge < -0.3 is 15.3 Å². The van der Waals surface area contributed by atoms with E-state index in [-0.39, 0.29) is 11.4 Å². The molecule has 4 nitrogen and oxygen atoms in total. The quantitative estimate of drug-likeness (QED) is 0.629. The van der Waals surface area contributed by atoms with Crippen molar-refractivity contribution < 1.29 is 20.1 Å². The predicted molar refractivity (Wildman–Crippen MR) is 63.2 cm³/mol. The molecular weight excluding hydrogens is 208 g/mol. The van der Waals surface area contributed by atoms with Gasteiger partial charge in [-0.3, -0.25) is 0 Å². The van der Waals surface area contributed by atoms with Crippen molar-refractivity contribution in [1.29, 1.82) is 0 Å². The average Bonchev–Trinajstić information content (AvgIpc) is 2.28. The summed E-state index contributed by atoms with van der Waals surface area (Å²) in [5.41, 5.74) is 0. The molecule has 16 heavy (non-hydrogen) atoms. The smallest absolute Gasteiger partial charge is 0.330 e. The predicted octanol–water partition coefficient (Wildman–Crippen LogP) is 1.69. The summed E-state index contributed by atoms with van der Waals surface area (Å²) in [6.45, 7) is 5.67. The van der Waals surface area contributed by atoms with Crippen LogP contribution in [0, 0.1) is 0 Å². The fourth-order valence-electron chi connectivity index (χ4n) is 0.690. The molecule has 0 aliphatic rings. The first-order valence-corrected chi connectivity index (χ1v) is 4.74. The zero-order chi connectivity index (χ0) is 11.5. The van der Waals surface area contributed by atoms with Gasteiger partial charge in [0.25, 0.3) is 0 Å². The molecule has 0 unspecified atom stereocenters. The van der Waals surface area contributed by atoms with Crippen molar-refractivity contribution in [3.8, 4) is 5.75 Å². The summed E-state index contributed by atoms with van der Waals surface area (Å²) in [6, 6.07) is 8.71. The van der Waals surface area contributed by atoms with Crippen molar-refractivity contribution in [1.82, 2.24) is 0 Å². The van der Waals surface area contributed by atoms with E-state index in [0.29, 0.717) is 12.4 Å². The van der Waals surface area contributed by atoms with Gasteiger partial charge in [-0.1, -0.05) is 31.7 Å². The van der Waals surface area contributed by atoms with Crippen molar-refractivity contribution in [2.45, 2.75) is 13.3 Å². The van der Waals surface area contributed by atoms with Crippen molar-refractivity contribution in [3.63, 3.8) is 0 Å². The van der Waals surface area contributed by atoms with Crippen LogP contribution >= 0.6 is 0 Å². The lowest BCUT2D eigenvalue weighted by Crippen LogP contribution is -1.99. The summed E-state index contributed by atoms with van der Waals surface area (Å²) in [7, 11) is 0. The number of benzene rings is 1. The molecular formula is C12H18O4.